The highest BCUT2D eigenvalue weighted by Crippen LogP contribution is 2.35. The third-order valence-corrected chi connectivity index (χ3v) is 3.03. The molecule has 0 saturated carbocycles. The summed E-state index contributed by atoms with van der Waals surface area (Å²) in [6.07, 6.45) is 1.21. The van der Waals surface area contributed by atoms with E-state index in [0.717, 1.165) is 23.6 Å². The third-order valence-electron chi connectivity index (χ3n) is 3.03. The topological polar surface area (TPSA) is 47.6 Å². The van der Waals surface area contributed by atoms with Crippen molar-refractivity contribution in [2.75, 3.05) is 13.3 Å². The molecule has 1 unspecified atom stereocenters. The van der Waals surface area contributed by atoms with Crippen LogP contribution in [0.2, 0.25) is 0 Å². The fourth-order valence-electron chi connectivity index (χ4n) is 2.15. The van der Waals surface area contributed by atoms with Crippen LogP contribution in [0.4, 0.5) is 0 Å². The van der Waals surface area contributed by atoms with Crippen LogP contribution >= 0.6 is 0 Å². The molecule has 2 aliphatic heterocycles. The van der Waals surface area contributed by atoms with Crippen molar-refractivity contribution in [2.24, 2.45) is 0 Å². The summed E-state index contributed by atoms with van der Waals surface area (Å²) < 4.78 is 10.6. The highest BCUT2D eigenvalue weighted by molar-refractivity contribution is 5.80. The number of ether oxygens (including phenoxy) is 2. The first kappa shape index (κ1) is 9.66. The Kier molecular flexibility index (Phi) is 2.29. The molecule has 84 valence electrons. The van der Waals surface area contributed by atoms with Crippen molar-refractivity contribution in [2.45, 2.75) is 18.9 Å². The van der Waals surface area contributed by atoms with Gasteiger partial charge in [-0.3, -0.25) is 4.79 Å². The molecule has 1 atom stereocenters. The maximum atomic E-state index is 11.4. The number of carbonyl (C=O) groups excluding carboxylic acids is 1. The van der Waals surface area contributed by atoms with Crippen molar-refractivity contribution in [3.63, 3.8) is 0 Å². The smallest absolute Gasteiger partial charge is 0.231 e. The maximum Gasteiger partial charge on any atom is 0.231 e. The second-order valence-electron chi connectivity index (χ2n) is 4.11. The van der Waals surface area contributed by atoms with E-state index in [2.05, 4.69) is 5.32 Å². The molecule has 2 heterocycles. The third kappa shape index (κ3) is 1.65. The van der Waals surface area contributed by atoms with Crippen molar-refractivity contribution in [3.8, 4) is 11.5 Å². The van der Waals surface area contributed by atoms with Crippen LogP contribution in [0.5, 0.6) is 11.5 Å². The molecule has 1 aromatic rings. The predicted molar refractivity (Wildman–Crippen MR) is 57.5 cm³/mol. The van der Waals surface area contributed by atoms with E-state index >= 15 is 0 Å². The number of nitrogens with one attached hydrogen (secondary N) is 1. The fraction of sp³-hybridized carbons (Fsp3) is 0.417. The number of benzene rings is 1. The van der Waals surface area contributed by atoms with Crippen molar-refractivity contribution >= 4 is 5.78 Å². The van der Waals surface area contributed by atoms with Crippen LogP contribution in [0.3, 0.4) is 0 Å². The van der Waals surface area contributed by atoms with Gasteiger partial charge in [0.05, 0.1) is 0 Å². The van der Waals surface area contributed by atoms with Crippen molar-refractivity contribution in [3.05, 3.63) is 23.8 Å². The molecule has 0 aliphatic carbocycles. The Bertz CT molecular complexity index is 430. The van der Waals surface area contributed by atoms with Gasteiger partial charge in [-0.05, 0) is 17.7 Å². The van der Waals surface area contributed by atoms with Crippen LogP contribution in [0.15, 0.2) is 18.2 Å². The average Bonchev–Trinajstić information content (AvgIpc) is 2.75. The molecule has 0 amide bonds. The maximum absolute atomic E-state index is 11.4. The first-order valence-electron chi connectivity index (χ1n) is 5.47. The van der Waals surface area contributed by atoms with E-state index in [9.17, 15) is 4.79 Å². The van der Waals surface area contributed by atoms with Crippen molar-refractivity contribution in [1.82, 2.24) is 5.32 Å². The normalized spacial score (nSPS) is 23.5. The minimum atomic E-state index is 0.121. The predicted octanol–water partition coefficient (Wildman–Crippen LogP) is 1.41. The number of ketones is 1. The van der Waals surface area contributed by atoms with Gasteiger partial charge in [-0.1, -0.05) is 6.07 Å². The zero-order valence-electron chi connectivity index (χ0n) is 8.86. The van der Waals surface area contributed by atoms with E-state index in [1.54, 1.807) is 0 Å². The van der Waals surface area contributed by atoms with Gasteiger partial charge in [0.25, 0.3) is 0 Å². The Balaban J connectivity index is 1.86. The molecule has 0 spiro atoms. The van der Waals surface area contributed by atoms with Gasteiger partial charge in [-0.15, -0.1) is 0 Å². The number of Topliss-reactive ketones (excluding diaryl/α,β-unsaturated/α-hetero) is 1. The van der Waals surface area contributed by atoms with Gasteiger partial charge in [0.2, 0.25) is 6.79 Å². The van der Waals surface area contributed by atoms with E-state index < -0.39 is 0 Å². The Hall–Kier alpha value is -1.55. The standard InChI is InChI=1S/C12H13NO3/c14-9-3-4-13-10(6-9)8-1-2-11-12(5-8)16-7-15-11/h1-2,5,10,13H,3-4,6-7H2. The lowest BCUT2D eigenvalue weighted by Crippen LogP contribution is -2.31. The minimum absolute atomic E-state index is 0.121. The second kappa shape index (κ2) is 3.79. The molecule has 1 N–H and O–H groups in total. The number of hydrogen-bond donors (Lipinski definition) is 1. The fourth-order valence-corrected chi connectivity index (χ4v) is 2.15. The lowest BCUT2D eigenvalue weighted by Gasteiger charge is -2.23. The molecule has 0 bridgehead atoms. The van der Waals surface area contributed by atoms with E-state index in [-0.39, 0.29) is 12.8 Å². The SMILES string of the molecule is O=C1CCNC(c2ccc3c(c2)OCO3)C1. The van der Waals surface area contributed by atoms with Gasteiger partial charge < -0.3 is 14.8 Å². The van der Waals surface area contributed by atoms with E-state index in [1.807, 2.05) is 18.2 Å². The quantitative estimate of drug-likeness (QED) is 0.775. The molecule has 4 nitrogen and oxygen atoms in total. The molecule has 1 fully saturated rings. The lowest BCUT2D eigenvalue weighted by atomic mass is 9.96. The zero-order chi connectivity index (χ0) is 11.0. The van der Waals surface area contributed by atoms with Crippen LogP contribution in [0.1, 0.15) is 24.4 Å². The molecule has 4 heteroatoms. The van der Waals surface area contributed by atoms with E-state index in [1.165, 1.54) is 0 Å². The molecule has 16 heavy (non-hydrogen) atoms. The Morgan fingerprint density at radius 1 is 1.25 bits per heavy atom. The summed E-state index contributed by atoms with van der Waals surface area (Å²) in [6.45, 7) is 1.05. The molecule has 3 rings (SSSR count). The number of fused-ring (bicyclic) bond motifs is 1. The highest BCUT2D eigenvalue weighted by Gasteiger charge is 2.22. The molecular formula is C12H13NO3. The Morgan fingerprint density at radius 2 is 2.12 bits per heavy atom. The summed E-state index contributed by atoms with van der Waals surface area (Å²) in [7, 11) is 0. The zero-order valence-corrected chi connectivity index (χ0v) is 8.86. The minimum Gasteiger partial charge on any atom is -0.454 e. The first-order chi connectivity index (χ1) is 7.83. The van der Waals surface area contributed by atoms with Crippen LogP contribution in [0.25, 0.3) is 0 Å². The number of piperidine rings is 1. The summed E-state index contributed by atoms with van der Waals surface area (Å²) in [5.41, 5.74) is 1.09. The van der Waals surface area contributed by atoms with E-state index in [4.69, 9.17) is 9.47 Å². The summed E-state index contributed by atoms with van der Waals surface area (Å²) in [6, 6.07) is 5.97. The molecule has 1 aromatic carbocycles. The molecular weight excluding hydrogens is 206 g/mol. The number of rotatable bonds is 1. The first-order valence-corrected chi connectivity index (χ1v) is 5.47. The Labute approximate surface area is 93.5 Å². The summed E-state index contributed by atoms with van der Waals surface area (Å²) in [5.74, 6) is 1.88. The molecule has 0 aromatic heterocycles. The molecule has 1 saturated heterocycles. The van der Waals surface area contributed by atoms with Crippen molar-refractivity contribution < 1.29 is 14.3 Å². The number of hydrogen-bond acceptors (Lipinski definition) is 4. The second-order valence-corrected chi connectivity index (χ2v) is 4.11. The van der Waals surface area contributed by atoms with E-state index in [0.29, 0.717) is 18.6 Å². The van der Waals surface area contributed by atoms with Gasteiger partial charge in [-0.2, -0.15) is 0 Å². The molecule has 0 radical (unpaired) electrons. The largest absolute Gasteiger partial charge is 0.454 e. The summed E-state index contributed by atoms with van der Waals surface area (Å²) in [5, 5.41) is 3.34. The van der Waals surface area contributed by atoms with Gasteiger partial charge in [0, 0.05) is 25.4 Å². The summed E-state index contributed by atoms with van der Waals surface area (Å²) >= 11 is 0. The van der Waals surface area contributed by atoms with Gasteiger partial charge in [0.1, 0.15) is 5.78 Å². The molecule has 2 aliphatic rings. The van der Waals surface area contributed by atoms with Crippen molar-refractivity contribution in [1.29, 1.82) is 0 Å². The van der Waals surface area contributed by atoms with Gasteiger partial charge >= 0.3 is 0 Å². The van der Waals surface area contributed by atoms with Crippen LogP contribution in [0, 0.1) is 0 Å². The summed E-state index contributed by atoms with van der Waals surface area (Å²) in [4.78, 5) is 11.4. The lowest BCUT2D eigenvalue weighted by molar-refractivity contribution is -0.120. The van der Waals surface area contributed by atoms with Crippen LogP contribution in [-0.4, -0.2) is 19.1 Å². The van der Waals surface area contributed by atoms with Crippen LogP contribution in [-0.2, 0) is 4.79 Å². The van der Waals surface area contributed by atoms with Crippen LogP contribution < -0.4 is 14.8 Å². The highest BCUT2D eigenvalue weighted by atomic mass is 16.7. The average molecular weight is 219 g/mol. The monoisotopic (exact) mass is 219 g/mol. The number of carbonyl (C=O) groups is 1. The Morgan fingerprint density at radius 3 is 3.00 bits per heavy atom. The van der Waals surface area contributed by atoms with Gasteiger partial charge in [0.15, 0.2) is 11.5 Å². The van der Waals surface area contributed by atoms with Gasteiger partial charge in [-0.25, -0.2) is 0 Å².